The molecule has 0 saturated carbocycles. The lowest BCUT2D eigenvalue weighted by Crippen LogP contribution is -2.01. The van der Waals surface area contributed by atoms with Crippen molar-refractivity contribution >= 4 is 0 Å². The van der Waals surface area contributed by atoms with Crippen molar-refractivity contribution in [2.24, 2.45) is 0 Å². The maximum atomic E-state index is 13.5. The van der Waals surface area contributed by atoms with Gasteiger partial charge in [-0.05, 0) is 24.5 Å². The molecule has 0 aromatic heterocycles. The van der Waals surface area contributed by atoms with Gasteiger partial charge in [0.1, 0.15) is 5.82 Å². The summed E-state index contributed by atoms with van der Waals surface area (Å²) in [5.74, 6) is -0.832. The summed E-state index contributed by atoms with van der Waals surface area (Å²) in [6.07, 6.45) is 3.17. The molecular weight excluding hydrogens is 210 g/mol. The molecule has 0 N–H and O–H groups in total. The minimum atomic E-state index is -0.471. The van der Waals surface area contributed by atoms with E-state index in [4.69, 9.17) is 4.74 Å². The van der Waals surface area contributed by atoms with Gasteiger partial charge in [0.05, 0.1) is 6.61 Å². The monoisotopic (exact) mass is 228 g/mol. The van der Waals surface area contributed by atoms with Gasteiger partial charge in [0, 0.05) is 6.07 Å². The lowest BCUT2D eigenvalue weighted by molar-refractivity contribution is 0.292. The smallest absolute Gasteiger partial charge is 0.165 e. The maximum absolute atomic E-state index is 13.5. The summed E-state index contributed by atoms with van der Waals surface area (Å²) < 4.78 is 32.1. The molecule has 0 spiro atoms. The number of halogens is 2. The van der Waals surface area contributed by atoms with E-state index in [9.17, 15) is 8.78 Å². The second-order valence-electron chi connectivity index (χ2n) is 3.83. The van der Waals surface area contributed by atoms with Crippen molar-refractivity contribution in [1.29, 1.82) is 0 Å². The summed E-state index contributed by atoms with van der Waals surface area (Å²) in [7, 11) is 0. The molecule has 90 valence electrons. The fourth-order valence-corrected chi connectivity index (χ4v) is 1.47. The van der Waals surface area contributed by atoms with Crippen LogP contribution in [0.4, 0.5) is 8.78 Å². The summed E-state index contributed by atoms with van der Waals surface area (Å²) in [4.78, 5) is 0. The standard InChI is InChI=1S/C13H18F2O/c1-3-5-7-16-13-9-11(14)10(6-4-2)8-12(13)15/h8-9H,3-7H2,1-2H3. The molecule has 0 saturated heterocycles. The van der Waals surface area contributed by atoms with Crippen LogP contribution in [0.15, 0.2) is 12.1 Å². The third-order valence-electron chi connectivity index (χ3n) is 2.38. The van der Waals surface area contributed by atoms with Crippen molar-refractivity contribution < 1.29 is 13.5 Å². The van der Waals surface area contributed by atoms with Gasteiger partial charge in [-0.2, -0.15) is 0 Å². The molecule has 0 unspecified atom stereocenters. The Balaban J connectivity index is 2.75. The van der Waals surface area contributed by atoms with Crippen LogP contribution >= 0.6 is 0 Å². The first-order valence-corrected chi connectivity index (χ1v) is 5.79. The van der Waals surface area contributed by atoms with E-state index in [-0.39, 0.29) is 11.6 Å². The summed E-state index contributed by atoms with van der Waals surface area (Å²) >= 11 is 0. The van der Waals surface area contributed by atoms with Crippen molar-refractivity contribution in [2.45, 2.75) is 39.5 Å². The average molecular weight is 228 g/mol. The first kappa shape index (κ1) is 12.9. The Hall–Kier alpha value is -1.12. The zero-order valence-electron chi connectivity index (χ0n) is 9.85. The van der Waals surface area contributed by atoms with Gasteiger partial charge in [-0.15, -0.1) is 0 Å². The van der Waals surface area contributed by atoms with Crippen molar-refractivity contribution in [3.8, 4) is 5.75 Å². The van der Waals surface area contributed by atoms with Gasteiger partial charge >= 0.3 is 0 Å². The van der Waals surface area contributed by atoms with Crippen LogP contribution in [0.25, 0.3) is 0 Å². The minimum absolute atomic E-state index is 0.0193. The van der Waals surface area contributed by atoms with E-state index in [1.54, 1.807) is 0 Å². The third kappa shape index (κ3) is 3.47. The number of rotatable bonds is 6. The number of unbranched alkanes of at least 4 members (excludes halogenated alkanes) is 1. The van der Waals surface area contributed by atoms with Gasteiger partial charge in [0.25, 0.3) is 0 Å². The van der Waals surface area contributed by atoms with Crippen LogP contribution in [0, 0.1) is 11.6 Å². The molecule has 0 heterocycles. The second kappa shape index (κ2) is 6.46. The molecule has 16 heavy (non-hydrogen) atoms. The molecule has 0 fully saturated rings. The molecule has 1 aromatic rings. The SMILES string of the molecule is CCCCOc1cc(F)c(CCC)cc1F. The van der Waals surface area contributed by atoms with Crippen molar-refractivity contribution in [2.75, 3.05) is 6.61 Å². The molecule has 0 atom stereocenters. The predicted octanol–water partition coefficient (Wildman–Crippen LogP) is 4.10. The number of benzene rings is 1. The van der Waals surface area contributed by atoms with Gasteiger partial charge in [0.2, 0.25) is 0 Å². The van der Waals surface area contributed by atoms with Gasteiger partial charge in [-0.3, -0.25) is 0 Å². The van der Waals surface area contributed by atoms with Gasteiger partial charge in [-0.1, -0.05) is 26.7 Å². The molecule has 3 heteroatoms. The van der Waals surface area contributed by atoms with Crippen LogP contribution in [0.1, 0.15) is 38.7 Å². The fraction of sp³-hybridized carbons (Fsp3) is 0.538. The van der Waals surface area contributed by atoms with Gasteiger partial charge < -0.3 is 4.74 Å². The highest BCUT2D eigenvalue weighted by Crippen LogP contribution is 2.22. The first-order chi connectivity index (χ1) is 7.69. The van der Waals surface area contributed by atoms with E-state index in [1.165, 1.54) is 6.07 Å². The normalized spacial score (nSPS) is 10.5. The fourth-order valence-electron chi connectivity index (χ4n) is 1.47. The Bertz CT molecular complexity index is 337. The first-order valence-electron chi connectivity index (χ1n) is 5.79. The highest BCUT2D eigenvalue weighted by molar-refractivity contribution is 5.31. The number of ether oxygens (including phenoxy) is 1. The molecule has 0 aliphatic carbocycles. The van der Waals surface area contributed by atoms with Gasteiger partial charge in [0.15, 0.2) is 11.6 Å². The zero-order chi connectivity index (χ0) is 12.0. The Labute approximate surface area is 95.4 Å². The van der Waals surface area contributed by atoms with E-state index < -0.39 is 5.82 Å². The molecular formula is C13H18F2O. The van der Waals surface area contributed by atoms with E-state index in [0.29, 0.717) is 18.6 Å². The van der Waals surface area contributed by atoms with Crippen LogP contribution in [0.5, 0.6) is 5.75 Å². The van der Waals surface area contributed by atoms with E-state index in [0.717, 1.165) is 25.3 Å². The van der Waals surface area contributed by atoms with Crippen molar-refractivity contribution in [3.63, 3.8) is 0 Å². The number of hydrogen-bond donors (Lipinski definition) is 0. The number of hydrogen-bond acceptors (Lipinski definition) is 1. The molecule has 0 aliphatic rings. The molecule has 0 aliphatic heterocycles. The molecule has 0 amide bonds. The highest BCUT2D eigenvalue weighted by Gasteiger charge is 2.10. The van der Waals surface area contributed by atoms with Gasteiger partial charge in [-0.25, -0.2) is 8.78 Å². The minimum Gasteiger partial charge on any atom is -0.490 e. The molecule has 1 aromatic carbocycles. The Kier molecular flexibility index (Phi) is 5.23. The van der Waals surface area contributed by atoms with Crippen LogP contribution in [0.3, 0.4) is 0 Å². The summed E-state index contributed by atoms with van der Waals surface area (Å²) in [6, 6.07) is 2.39. The highest BCUT2D eigenvalue weighted by atomic mass is 19.1. The number of aryl methyl sites for hydroxylation is 1. The lowest BCUT2D eigenvalue weighted by Gasteiger charge is -2.09. The van der Waals surface area contributed by atoms with Crippen molar-refractivity contribution in [3.05, 3.63) is 29.3 Å². The maximum Gasteiger partial charge on any atom is 0.165 e. The van der Waals surface area contributed by atoms with E-state index in [2.05, 4.69) is 0 Å². The molecule has 1 rings (SSSR count). The molecule has 0 radical (unpaired) electrons. The van der Waals surface area contributed by atoms with Crippen LogP contribution in [0.2, 0.25) is 0 Å². The summed E-state index contributed by atoms with van der Waals surface area (Å²) in [6.45, 7) is 4.38. The quantitative estimate of drug-likeness (QED) is 0.666. The Morgan fingerprint density at radius 1 is 1.06 bits per heavy atom. The summed E-state index contributed by atoms with van der Waals surface area (Å²) in [5.41, 5.74) is 0.419. The largest absolute Gasteiger partial charge is 0.490 e. The molecule has 1 nitrogen and oxygen atoms in total. The van der Waals surface area contributed by atoms with Crippen LogP contribution in [-0.4, -0.2) is 6.61 Å². The van der Waals surface area contributed by atoms with Crippen LogP contribution in [-0.2, 0) is 6.42 Å². The molecule has 0 bridgehead atoms. The average Bonchev–Trinajstić information content (AvgIpc) is 2.25. The Morgan fingerprint density at radius 2 is 1.81 bits per heavy atom. The lowest BCUT2D eigenvalue weighted by atomic mass is 10.1. The van der Waals surface area contributed by atoms with Crippen LogP contribution < -0.4 is 4.74 Å². The second-order valence-corrected chi connectivity index (χ2v) is 3.83. The predicted molar refractivity (Wildman–Crippen MR) is 60.8 cm³/mol. The summed E-state index contributed by atoms with van der Waals surface area (Å²) in [5, 5.41) is 0. The zero-order valence-corrected chi connectivity index (χ0v) is 9.85. The van der Waals surface area contributed by atoms with E-state index >= 15 is 0 Å². The van der Waals surface area contributed by atoms with Crippen molar-refractivity contribution in [1.82, 2.24) is 0 Å². The van der Waals surface area contributed by atoms with E-state index in [1.807, 2.05) is 13.8 Å². The Morgan fingerprint density at radius 3 is 2.44 bits per heavy atom. The third-order valence-corrected chi connectivity index (χ3v) is 2.38. The topological polar surface area (TPSA) is 9.23 Å².